The van der Waals surface area contributed by atoms with E-state index in [-0.39, 0.29) is 25.7 Å². The van der Waals surface area contributed by atoms with E-state index in [0.29, 0.717) is 32.1 Å². The maximum atomic E-state index is 13.1. The van der Waals surface area contributed by atoms with Crippen molar-refractivity contribution in [2.75, 3.05) is 39.6 Å². The largest absolute Gasteiger partial charge is 0.472 e. The second-order valence-electron chi connectivity index (χ2n) is 25.5. The number of rotatable bonds is 72. The number of hydrogen-bond donors (Lipinski definition) is 3. The standard InChI is InChI=1S/C81H138O17P2/c1-5-9-13-17-21-25-29-32-35-36-37-38-41-43-47-50-54-58-62-66-79(84)91-71-76(97-80(85)67-63-59-55-51-45-28-24-20-16-12-8-4)73-95-99(87,88)93-69-75(82)70-94-100(89,90)96-74-77(98-81(86)68-64-60-56-52-48-44-40-34-31-27-23-19-15-11-7-3)72-92-78(83)65-61-57-53-49-46-42-39-33-30-26-22-18-14-10-6-2/h9-10,13-14,21-22,25-26,32-35,37-40,43,47,54,58,75-77,82H,5-8,11-12,15-20,23-24,27-31,36,41-42,44-46,48-53,55-57,59-74H2,1-4H3,(H,87,88)(H,89,90)/b13-9-,14-10-,25-21-,26-22-,35-32-,38-37-,39-33-,40-34-,47-43-,58-54-. The molecule has 0 aliphatic carbocycles. The Morgan fingerprint density at radius 1 is 0.290 bits per heavy atom. The fraction of sp³-hybridized carbons (Fsp3) is 0.704. The lowest BCUT2D eigenvalue weighted by atomic mass is 10.1. The van der Waals surface area contributed by atoms with Crippen molar-refractivity contribution in [1.29, 1.82) is 0 Å². The average molecular weight is 1450 g/mol. The Bertz CT molecular complexity index is 2370. The van der Waals surface area contributed by atoms with Gasteiger partial charge in [-0.2, -0.15) is 0 Å². The van der Waals surface area contributed by atoms with Crippen molar-refractivity contribution in [1.82, 2.24) is 0 Å². The lowest BCUT2D eigenvalue weighted by Gasteiger charge is -2.21. The number of aliphatic hydroxyl groups is 1. The van der Waals surface area contributed by atoms with Crippen LogP contribution in [0.25, 0.3) is 0 Å². The maximum absolute atomic E-state index is 13.1. The Kier molecular flexibility index (Phi) is 69.5. The Morgan fingerprint density at radius 2 is 0.540 bits per heavy atom. The number of ether oxygens (including phenoxy) is 4. The number of phosphoric ester groups is 2. The van der Waals surface area contributed by atoms with E-state index in [9.17, 15) is 43.2 Å². The minimum Gasteiger partial charge on any atom is -0.462 e. The fourth-order valence-electron chi connectivity index (χ4n) is 10.1. The topological polar surface area (TPSA) is 237 Å². The van der Waals surface area contributed by atoms with E-state index in [0.717, 1.165) is 148 Å². The van der Waals surface area contributed by atoms with Gasteiger partial charge >= 0.3 is 39.5 Å². The van der Waals surface area contributed by atoms with Gasteiger partial charge in [0.15, 0.2) is 12.2 Å². The second-order valence-corrected chi connectivity index (χ2v) is 28.4. The molecular weight excluding hydrogens is 1310 g/mol. The molecule has 0 radical (unpaired) electrons. The Morgan fingerprint density at radius 3 is 0.870 bits per heavy atom. The number of allylic oxidation sites excluding steroid dienone is 20. The van der Waals surface area contributed by atoms with E-state index < -0.39 is 97.5 Å². The van der Waals surface area contributed by atoms with Crippen LogP contribution < -0.4 is 0 Å². The molecule has 0 saturated heterocycles. The molecule has 0 heterocycles. The van der Waals surface area contributed by atoms with E-state index in [1.807, 2.05) is 18.2 Å². The summed E-state index contributed by atoms with van der Waals surface area (Å²) in [6.45, 7) is 4.53. The summed E-state index contributed by atoms with van der Waals surface area (Å²) in [6.07, 6.45) is 79.2. The monoisotopic (exact) mass is 1440 g/mol. The molecule has 0 aromatic rings. The molecule has 0 rings (SSSR count). The summed E-state index contributed by atoms with van der Waals surface area (Å²) in [6, 6.07) is 0. The van der Waals surface area contributed by atoms with Crippen molar-refractivity contribution >= 4 is 39.5 Å². The summed E-state index contributed by atoms with van der Waals surface area (Å²) in [5.74, 6) is -2.29. The molecule has 0 spiro atoms. The molecule has 17 nitrogen and oxygen atoms in total. The van der Waals surface area contributed by atoms with Gasteiger partial charge in [-0.15, -0.1) is 0 Å². The molecule has 0 amide bonds. The van der Waals surface area contributed by atoms with Crippen LogP contribution >= 0.6 is 15.6 Å². The number of aliphatic hydroxyl groups excluding tert-OH is 1. The van der Waals surface area contributed by atoms with Gasteiger partial charge in [-0.05, 0) is 122 Å². The molecule has 5 unspecified atom stereocenters. The van der Waals surface area contributed by atoms with Gasteiger partial charge in [0.1, 0.15) is 19.3 Å². The molecule has 0 aromatic carbocycles. The molecule has 5 atom stereocenters. The Hall–Kier alpha value is -4.54. The van der Waals surface area contributed by atoms with Gasteiger partial charge in [0.25, 0.3) is 0 Å². The first-order chi connectivity index (χ1) is 48.7. The quantitative estimate of drug-likeness (QED) is 0.0169. The molecule has 0 bridgehead atoms. The normalized spacial score (nSPS) is 14.6. The smallest absolute Gasteiger partial charge is 0.462 e. The first kappa shape index (κ1) is 95.5. The van der Waals surface area contributed by atoms with Gasteiger partial charge in [-0.3, -0.25) is 37.3 Å². The van der Waals surface area contributed by atoms with E-state index in [1.54, 1.807) is 0 Å². The third kappa shape index (κ3) is 71.8. The molecule has 0 aromatic heterocycles. The SMILES string of the molecule is CC/C=C\C/C=C\C/C=C\C/C=C\C/C=C\C/C=C\CCC(=O)OCC(COP(=O)(O)OCC(O)COP(=O)(O)OCC(COC(=O)CCCCCCC/C=C\C/C=C\C/C=C\CC)OC(=O)CCCCCCC/C=C\CCCCCCCC)OC(=O)CCCCCCCCCCCCC. The van der Waals surface area contributed by atoms with Crippen LogP contribution in [0.5, 0.6) is 0 Å². The molecule has 3 N–H and O–H groups in total. The van der Waals surface area contributed by atoms with Crippen LogP contribution in [0.4, 0.5) is 0 Å². The fourth-order valence-corrected chi connectivity index (χ4v) is 11.7. The maximum Gasteiger partial charge on any atom is 0.472 e. The summed E-state index contributed by atoms with van der Waals surface area (Å²) in [4.78, 5) is 72.8. The molecule has 100 heavy (non-hydrogen) atoms. The first-order valence-corrected chi connectivity index (χ1v) is 41.8. The summed E-state index contributed by atoms with van der Waals surface area (Å²) < 4.78 is 68.4. The van der Waals surface area contributed by atoms with Crippen LogP contribution in [-0.4, -0.2) is 96.7 Å². The van der Waals surface area contributed by atoms with Crippen LogP contribution in [0, 0.1) is 0 Å². The molecule has 0 saturated carbocycles. The second kappa shape index (κ2) is 72.8. The van der Waals surface area contributed by atoms with Crippen molar-refractivity contribution in [2.24, 2.45) is 0 Å². The summed E-state index contributed by atoms with van der Waals surface area (Å²) in [5.41, 5.74) is 0. The average Bonchev–Trinajstić information content (AvgIpc) is 0.953. The van der Waals surface area contributed by atoms with Crippen LogP contribution in [0.3, 0.4) is 0 Å². The van der Waals surface area contributed by atoms with Crippen molar-refractivity contribution in [3.63, 3.8) is 0 Å². The third-order valence-corrected chi connectivity index (χ3v) is 17.8. The number of hydrogen-bond acceptors (Lipinski definition) is 15. The van der Waals surface area contributed by atoms with Gasteiger partial charge < -0.3 is 33.8 Å². The molecule has 574 valence electrons. The van der Waals surface area contributed by atoms with Gasteiger partial charge in [-0.25, -0.2) is 9.13 Å². The lowest BCUT2D eigenvalue weighted by molar-refractivity contribution is -0.161. The molecular formula is C81H138O17P2. The molecule has 0 aliphatic rings. The van der Waals surface area contributed by atoms with Crippen LogP contribution in [0.15, 0.2) is 122 Å². The van der Waals surface area contributed by atoms with E-state index >= 15 is 0 Å². The van der Waals surface area contributed by atoms with Crippen LogP contribution in [0.1, 0.15) is 310 Å². The minimum absolute atomic E-state index is 0.0358. The van der Waals surface area contributed by atoms with Crippen LogP contribution in [0.2, 0.25) is 0 Å². The number of esters is 4. The Labute approximate surface area is 606 Å². The zero-order valence-corrected chi connectivity index (χ0v) is 64.4. The molecule has 19 heteroatoms. The van der Waals surface area contributed by atoms with Gasteiger partial charge in [0.2, 0.25) is 0 Å². The summed E-state index contributed by atoms with van der Waals surface area (Å²) in [7, 11) is -9.97. The zero-order chi connectivity index (χ0) is 73.2. The number of carbonyl (C=O) groups is 4. The lowest BCUT2D eigenvalue weighted by Crippen LogP contribution is -2.30. The van der Waals surface area contributed by atoms with Crippen molar-refractivity contribution in [3.8, 4) is 0 Å². The van der Waals surface area contributed by atoms with E-state index in [2.05, 4.69) is 131 Å². The number of carbonyl (C=O) groups excluding carboxylic acids is 4. The van der Waals surface area contributed by atoms with Gasteiger partial charge in [0.05, 0.1) is 26.4 Å². The highest BCUT2D eigenvalue weighted by molar-refractivity contribution is 7.47. The third-order valence-electron chi connectivity index (χ3n) is 15.9. The van der Waals surface area contributed by atoms with Crippen molar-refractivity contribution in [3.05, 3.63) is 122 Å². The highest BCUT2D eigenvalue weighted by atomic mass is 31.2. The van der Waals surface area contributed by atoms with Gasteiger partial charge in [0, 0.05) is 25.7 Å². The summed E-state index contributed by atoms with van der Waals surface area (Å²) >= 11 is 0. The minimum atomic E-state index is -4.99. The van der Waals surface area contributed by atoms with Crippen molar-refractivity contribution < 1.29 is 80.2 Å². The highest BCUT2D eigenvalue weighted by Crippen LogP contribution is 2.45. The van der Waals surface area contributed by atoms with E-state index in [1.165, 1.54) is 77.0 Å². The predicted octanol–water partition coefficient (Wildman–Crippen LogP) is 22.3. The van der Waals surface area contributed by atoms with Gasteiger partial charge in [-0.1, -0.05) is 284 Å². The van der Waals surface area contributed by atoms with Crippen LogP contribution in [-0.2, 0) is 65.4 Å². The Balaban J connectivity index is 5.39. The van der Waals surface area contributed by atoms with Crippen molar-refractivity contribution in [2.45, 2.75) is 329 Å². The number of unbranched alkanes of at least 4 members (excludes halogenated alkanes) is 26. The highest BCUT2D eigenvalue weighted by Gasteiger charge is 2.30. The molecule has 0 fully saturated rings. The predicted molar refractivity (Wildman–Crippen MR) is 408 cm³/mol. The zero-order valence-electron chi connectivity index (χ0n) is 62.6. The molecule has 0 aliphatic heterocycles. The van der Waals surface area contributed by atoms with E-state index in [4.69, 9.17) is 37.0 Å². The first-order valence-electron chi connectivity index (χ1n) is 38.8. The number of phosphoric acid groups is 2. The summed E-state index contributed by atoms with van der Waals surface area (Å²) in [5, 5.41) is 10.6.